The Morgan fingerprint density at radius 3 is 2.40 bits per heavy atom. The third-order valence-corrected chi connectivity index (χ3v) is 2.80. The molecule has 1 fully saturated rings. The van der Waals surface area contributed by atoms with Gasteiger partial charge in [-0.2, -0.15) is 12.6 Å². The van der Waals surface area contributed by atoms with E-state index < -0.39 is 29.9 Å². The molecule has 1 saturated heterocycles. The van der Waals surface area contributed by atoms with E-state index in [-0.39, 0.29) is 12.7 Å². The highest BCUT2D eigenvalue weighted by Crippen LogP contribution is 2.26. The molecule has 0 spiro atoms. The Balaban J connectivity index is 2.65. The van der Waals surface area contributed by atoms with Crippen LogP contribution in [0.3, 0.4) is 0 Å². The standard InChI is InChI=1S/C9H18O5S/c1-4(2)13-9-8(15)7(12)6(11)5(3-10)14-9/h4-12,15H,3H2,1-2H3/t5-,6+,7+,8+,9+/m0/s1. The monoisotopic (exact) mass is 238 g/mol. The molecule has 0 saturated carbocycles. The zero-order valence-electron chi connectivity index (χ0n) is 8.78. The van der Waals surface area contributed by atoms with Gasteiger partial charge in [-0.15, -0.1) is 0 Å². The Morgan fingerprint density at radius 2 is 1.93 bits per heavy atom. The normalized spacial score (nSPS) is 42.2. The molecule has 15 heavy (non-hydrogen) atoms. The molecule has 0 aromatic carbocycles. The lowest BCUT2D eigenvalue weighted by molar-refractivity contribution is -0.261. The van der Waals surface area contributed by atoms with E-state index in [0.717, 1.165) is 0 Å². The quantitative estimate of drug-likeness (QED) is 0.482. The minimum absolute atomic E-state index is 0.0774. The summed E-state index contributed by atoms with van der Waals surface area (Å²) in [6.45, 7) is 3.29. The van der Waals surface area contributed by atoms with Crippen LogP contribution in [-0.2, 0) is 9.47 Å². The van der Waals surface area contributed by atoms with Crippen LogP contribution in [0.25, 0.3) is 0 Å². The first-order valence-corrected chi connectivity index (χ1v) is 5.45. The molecule has 0 bridgehead atoms. The molecule has 5 nitrogen and oxygen atoms in total. The maximum atomic E-state index is 9.63. The van der Waals surface area contributed by atoms with Crippen molar-refractivity contribution in [2.75, 3.05) is 6.61 Å². The van der Waals surface area contributed by atoms with Gasteiger partial charge in [0.2, 0.25) is 0 Å². The van der Waals surface area contributed by atoms with E-state index in [2.05, 4.69) is 12.6 Å². The van der Waals surface area contributed by atoms with Gasteiger partial charge in [-0.3, -0.25) is 0 Å². The summed E-state index contributed by atoms with van der Waals surface area (Å²) in [5.41, 5.74) is 0. The molecule has 6 heteroatoms. The maximum Gasteiger partial charge on any atom is 0.172 e. The second-order valence-electron chi connectivity index (χ2n) is 3.88. The van der Waals surface area contributed by atoms with Gasteiger partial charge in [0.25, 0.3) is 0 Å². The molecule has 90 valence electrons. The average molecular weight is 238 g/mol. The Kier molecular flexibility index (Phi) is 4.82. The maximum absolute atomic E-state index is 9.63. The summed E-state index contributed by atoms with van der Waals surface area (Å²) in [4.78, 5) is 0. The Bertz CT molecular complexity index is 199. The average Bonchev–Trinajstić information content (AvgIpc) is 2.18. The van der Waals surface area contributed by atoms with Gasteiger partial charge in [0.15, 0.2) is 6.29 Å². The molecule has 1 heterocycles. The van der Waals surface area contributed by atoms with Crippen molar-refractivity contribution < 1.29 is 24.8 Å². The van der Waals surface area contributed by atoms with Crippen LogP contribution in [-0.4, -0.2) is 57.9 Å². The SMILES string of the molecule is CC(C)O[C@@H]1O[C@@H](CO)[C@@H](O)[C@@H](O)[C@H]1S. The van der Waals surface area contributed by atoms with E-state index in [0.29, 0.717) is 0 Å². The van der Waals surface area contributed by atoms with Crippen molar-refractivity contribution in [3.63, 3.8) is 0 Å². The molecule has 0 unspecified atom stereocenters. The summed E-state index contributed by atoms with van der Waals surface area (Å²) >= 11 is 4.12. The fraction of sp³-hybridized carbons (Fsp3) is 1.00. The second kappa shape index (κ2) is 5.47. The third-order valence-electron chi connectivity index (χ3n) is 2.25. The number of thiol groups is 1. The summed E-state index contributed by atoms with van der Waals surface area (Å²) in [7, 11) is 0. The molecular formula is C9H18O5S. The predicted molar refractivity (Wildman–Crippen MR) is 56.8 cm³/mol. The highest BCUT2D eigenvalue weighted by atomic mass is 32.1. The van der Waals surface area contributed by atoms with Crippen molar-refractivity contribution in [1.29, 1.82) is 0 Å². The van der Waals surface area contributed by atoms with Crippen LogP contribution in [0.5, 0.6) is 0 Å². The third kappa shape index (κ3) is 3.05. The highest BCUT2D eigenvalue weighted by molar-refractivity contribution is 7.81. The fourth-order valence-corrected chi connectivity index (χ4v) is 1.76. The van der Waals surface area contributed by atoms with E-state index in [1.165, 1.54) is 0 Å². The van der Waals surface area contributed by atoms with E-state index in [9.17, 15) is 10.2 Å². The van der Waals surface area contributed by atoms with Crippen molar-refractivity contribution in [1.82, 2.24) is 0 Å². The summed E-state index contributed by atoms with van der Waals surface area (Å²) < 4.78 is 10.7. The van der Waals surface area contributed by atoms with Crippen LogP contribution >= 0.6 is 12.6 Å². The zero-order valence-corrected chi connectivity index (χ0v) is 9.67. The molecule has 1 rings (SSSR count). The zero-order chi connectivity index (χ0) is 11.6. The molecule has 0 radical (unpaired) electrons. The van der Waals surface area contributed by atoms with Crippen molar-refractivity contribution in [3.05, 3.63) is 0 Å². The number of rotatable bonds is 3. The Labute approximate surface area is 94.4 Å². The van der Waals surface area contributed by atoms with Gasteiger partial charge in [0, 0.05) is 0 Å². The van der Waals surface area contributed by atoms with E-state index >= 15 is 0 Å². The van der Waals surface area contributed by atoms with Crippen molar-refractivity contribution in [2.24, 2.45) is 0 Å². The highest BCUT2D eigenvalue weighted by Gasteiger charge is 2.43. The molecule has 0 aliphatic carbocycles. The van der Waals surface area contributed by atoms with Crippen LogP contribution in [0.1, 0.15) is 13.8 Å². The first-order valence-electron chi connectivity index (χ1n) is 4.93. The number of hydrogen-bond acceptors (Lipinski definition) is 6. The first-order chi connectivity index (χ1) is 6.97. The molecule has 1 aliphatic heterocycles. The molecule has 1 aliphatic rings. The molecule has 0 amide bonds. The Hall–Kier alpha value is 0.150. The van der Waals surface area contributed by atoms with Crippen LogP contribution in [0, 0.1) is 0 Å². The predicted octanol–water partition coefficient (Wildman–Crippen LogP) is -0.851. The van der Waals surface area contributed by atoms with Gasteiger partial charge in [-0.25, -0.2) is 0 Å². The molecule has 0 aromatic rings. The number of ether oxygens (including phenoxy) is 2. The summed E-state index contributed by atoms with van der Waals surface area (Å²) in [5.74, 6) is 0. The van der Waals surface area contributed by atoms with Crippen molar-refractivity contribution in [3.8, 4) is 0 Å². The minimum atomic E-state index is -1.13. The van der Waals surface area contributed by atoms with Crippen LogP contribution in [0.15, 0.2) is 0 Å². The van der Waals surface area contributed by atoms with Crippen LogP contribution in [0.2, 0.25) is 0 Å². The smallest absolute Gasteiger partial charge is 0.172 e. The first kappa shape index (κ1) is 13.2. The van der Waals surface area contributed by atoms with Gasteiger partial charge < -0.3 is 24.8 Å². The second-order valence-corrected chi connectivity index (χ2v) is 4.48. The van der Waals surface area contributed by atoms with E-state index in [1.54, 1.807) is 0 Å². The summed E-state index contributed by atoms with van der Waals surface area (Å²) in [6, 6.07) is 0. The van der Waals surface area contributed by atoms with Crippen LogP contribution in [0.4, 0.5) is 0 Å². The van der Waals surface area contributed by atoms with E-state index in [1.807, 2.05) is 13.8 Å². The van der Waals surface area contributed by atoms with Gasteiger partial charge >= 0.3 is 0 Å². The topological polar surface area (TPSA) is 79.2 Å². The van der Waals surface area contributed by atoms with Gasteiger partial charge in [0.05, 0.1) is 24.1 Å². The number of hydrogen-bond donors (Lipinski definition) is 4. The van der Waals surface area contributed by atoms with Gasteiger partial charge in [0.1, 0.15) is 12.2 Å². The largest absolute Gasteiger partial charge is 0.394 e. The number of aliphatic hydroxyl groups is 3. The summed E-state index contributed by atoms with van der Waals surface area (Å²) in [6.07, 6.45) is -3.82. The summed E-state index contributed by atoms with van der Waals surface area (Å²) in [5, 5.41) is 27.5. The fourth-order valence-electron chi connectivity index (χ4n) is 1.45. The van der Waals surface area contributed by atoms with Crippen molar-refractivity contribution in [2.45, 2.75) is 49.8 Å². The van der Waals surface area contributed by atoms with Crippen LogP contribution < -0.4 is 0 Å². The lowest BCUT2D eigenvalue weighted by atomic mass is 10.0. The Morgan fingerprint density at radius 1 is 1.33 bits per heavy atom. The molecule has 3 N–H and O–H groups in total. The molecule has 0 aromatic heterocycles. The minimum Gasteiger partial charge on any atom is -0.394 e. The molecule has 5 atom stereocenters. The number of aliphatic hydroxyl groups excluding tert-OH is 3. The molecular weight excluding hydrogens is 220 g/mol. The lowest BCUT2D eigenvalue weighted by Crippen LogP contribution is -2.57. The van der Waals surface area contributed by atoms with Gasteiger partial charge in [-0.05, 0) is 13.8 Å². The van der Waals surface area contributed by atoms with Gasteiger partial charge in [-0.1, -0.05) is 0 Å². The van der Waals surface area contributed by atoms with E-state index in [4.69, 9.17) is 14.6 Å². The van der Waals surface area contributed by atoms with Crippen molar-refractivity contribution >= 4 is 12.6 Å². The lowest BCUT2D eigenvalue weighted by Gasteiger charge is -2.40.